The summed E-state index contributed by atoms with van der Waals surface area (Å²) in [6.45, 7) is 2.00. The van der Waals surface area contributed by atoms with E-state index in [0.29, 0.717) is 17.0 Å². The highest BCUT2D eigenvalue weighted by atomic mass is 19.1. The van der Waals surface area contributed by atoms with E-state index in [-0.39, 0.29) is 37.3 Å². The second kappa shape index (κ2) is 8.18. The largest absolute Gasteiger partial charge is 0.481 e. The van der Waals surface area contributed by atoms with Crippen molar-refractivity contribution in [2.45, 2.75) is 26.1 Å². The fourth-order valence-electron chi connectivity index (χ4n) is 2.97. The Morgan fingerprint density at radius 2 is 2.11 bits per heavy atom. The summed E-state index contributed by atoms with van der Waals surface area (Å²) in [4.78, 5) is 25.9. The number of benzene rings is 2. The van der Waals surface area contributed by atoms with E-state index in [1.54, 1.807) is 48.2 Å². The van der Waals surface area contributed by atoms with Crippen LogP contribution in [0.1, 0.15) is 18.1 Å². The Labute approximate surface area is 156 Å². The van der Waals surface area contributed by atoms with Crippen molar-refractivity contribution in [1.29, 1.82) is 0 Å². The van der Waals surface area contributed by atoms with Crippen molar-refractivity contribution in [2.75, 3.05) is 19.0 Å². The quantitative estimate of drug-likeness (QED) is 0.876. The fraction of sp³-hybridized carbons (Fsp3) is 0.300. The van der Waals surface area contributed by atoms with Crippen LogP contribution in [-0.4, -0.2) is 36.5 Å². The predicted molar refractivity (Wildman–Crippen MR) is 97.7 cm³/mol. The van der Waals surface area contributed by atoms with Gasteiger partial charge in [0.15, 0.2) is 6.10 Å². The lowest BCUT2D eigenvalue weighted by atomic mass is 10.1. The van der Waals surface area contributed by atoms with Gasteiger partial charge in [0, 0.05) is 37.0 Å². The molecule has 0 saturated heterocycles. The van der Waals surface area contributed by atoms with Crippen molar-refractivity contribution >= 4 is 17.5 Å². The van der Waals surface area contributed by atoms with Gasteiger partial charge in [-0.3, -0.25) is 9.59 Å². The van der Waals surface area contributed by atoms with Crippen molar-refractivity contribution in [3.05, 3.63) is 59.4 Å². The Kier molecular flexibility index (Phi) is 5.71. The molecule has 0 fully saturated rings. The van der Waals surface area contributed by atoms with Gasteiger partial charge >= 0.3 is 0 Å². The molecule has 0 bridgehead atoms. The second-order valence-corrected chi connectivity index (χ2v) is 6.35. The van der Waals surface area contributed by atoms with Crippen molar-refractivity contribution in [3.63, 3.8) is 0 Å². The number of fused-ring (bicyclic) bond motifs is 1. The number of ether oxygens (including phenoxy) is 2. The molecule has 1 N–H and O–H groups in total. The van der Waals surface area contributed by atoms with Gasteiger partial charge in [0.05, 0.1) is 0 Å². The highest BCUT2D eigenvalue weighted by molar-refractivity contribution is 5.92. The van der Waals surface area contributed by atoms with E-state index in [0.717, 1.165) is 5.56 Å². The molecule has 0 aromatic heterocycles. The lowest BCUT2D eigenvalue weighted by molar-refractivity contribution is -0.138. The van der Waals surface area contributed by atoms with Gasteiger partial charge in [0.1, 0.15) is 18.2 Å². The number of rotatable bonds is 5. The maximum Gasteiger partial charge on any atom is 0.263 e. The summed E-state index contributed by atoms with van der Waals surface area (Å²) in [6, 6.07) is 11.5. The van der Waals surface area contributed by atoms with Crippen LogP contribution in [0.25, 0.3) is 0 Å². The summed E-state index contributed by atoms with van der Waals surface area (Å²) in [5, 5.41) is 2.73. The maximum atomic E-state index is 14.0. The van der Waals surface area contributed by atoms with Gasteiger partial charge in [-0.25, -0.2) is 4.39 Å². The van der Waals surface area contributed by atoms with Crippen molar-refractivity contribution in [3.8, 4) is 5.75 Å². The molecule has 0 saturated carbocycles. The maximum absolute atomic E-state index is 14.0. The van der Waals surface area contributed by atoms with E-state index in [2.05, 4.69) is 5.32 Å². The minimum absolute atomic E-state index is 0.0531. The van der Waals surface area contributed by atoms with Gasteiger partial charge in [-0.1, -0.05) is 18.2 Å². The number of nitrogens with one attached hydrogen (secondary N) is 1. The third-order valence-electron chi connectivity index (χ3n) is 4.26. The molecule has 2 aromatic carbocycles. The molecule has 7 heteroatoms. The first-order chi connectivity index (χ1) is 13.0. The van der Waals surface area contributed by atoms with E-state index in [4.69, 9.17) is 9.47 Å². The number of anilines is 1. The highest BCUT2D eigenvalue weighted by Crippen LogP contribution is 2.29. The summed E-state index contributed by atoms with van der Waals surface area (Å²) in [6.07, 6.45) is -0.688. The van der Waals surface area contributed by atoms with E-state index >= 15 is 0 Å². The molecule has 6 nitrogen and oxygen atoms in total. The van der Waals surface area contributed by atoms with Gasteiger partial charge in [-0.05, 0) is 31.2 Å². The van der Waals surface area contributed by atoms with Gasteiger partial charge in [-0.2, -0.15) is 0 Å². The monoisotopic (exact) mass is 372 g/mol. The fourth-order valence-corrected chi connectivity index (χ4v) is 2.97. The molecular weight excluding hydrogens is 351 g/mol. The molecule has 0 aliphatic carbocycles. The Bertz CT molecular complexity index is 856. The van der Waals surface area contributed by atoms with Crippen LogP contribution in [0.2, 0.25) is 0 Å². The zero-order chi connectivity index (χ0) is 19.4. The zero-order valence-corrected chi connectivity index (χ0v) is 15.2. The molecule has 27 heavy (non-hydrogen) atoms. The third kappa shape index (κ3) is 4.43. The van der Waals surface area contributed by atoms with E-state index in [9.17, 15) is 14.0 Å². The molecule has 1 aliphatic rings. The van der Waals surface area contributed by atoms with E-state index in [1.165, 1.54) is 13.2 Å². The van der Waals surface area contributed by atoms with Crippen LogP contribution in [0.5, 0.6) is 5.75 Å². The van der Waals surface area contributed by atoms with Crippen LogP contribution in [0.15, 0.2) is 42.5 Å². The predicted octanol–water partition coefficient (Wildman–Crippen LogP) is 2.72. The molecule has 0 radical (unpaired) electrons. The van der Waals surface area contributed by atoms with Crippen molar-refractivity contribution < 1.29 is 23.5 Å². The normalized spacial score (nSPS) is 16.3. The number of halogens is 1. The molecular formula is C20H21FN2O4. The molecule has 1 aliphatic heterocycles. The van der Waals surface area contributed by atoms with Crippen LogP contribution in [-0.2, 0) is 27.4 Å². The summed E-state index contributed by atoms with van der Waals surface area (Å²) < 4.78 is 24.6. The summed E-state index contributed by atoms with van der Waals surface area (Å²) in [5.41, 5.74) is 1.75. The minimum atomic E-state index is -0.688. The highest BCUT2D eigenvalue weighted by Gasteiger charge is 2.28. The number of amides is 2. The number of hydrogen-bond donors (Lipinski definition) is 1. The van der Waals surface area contributed by atoms with Gasteiger partial charge < -0.3 is 19.7 Å². The Hall–Kier alpha value is -2.93. The Morgan fingerprint density at radius 1 is 1.33 bits per heavy atom. The van der Waals surface area contributed by atoms with Crippen molar-refractivity contribution in [2.24, 2.45) is 0 Å². The molecule has 2 amide bonds. The first kappa shape index (κ1) is 18.8. The van der Waals surface area contributed by atoms with Crippen LogP contribution < -0.4 is 10.1 Å². The minimum Gasteiger partial charge on any atom is -0.481 e. The molecule has 142 valence electrons. The van der Waals surface area contributed by atoms with Crippen LogP contribution in [0.3, 0.4) is 0 Å². The molecule has 0 unspecified atom stereocenters. The Balaban J connectivity index is 1.85. The standard InChI is InChI=1S/C20H21FN2O4/c1-13-20(25)23(10-14-5-3-4-6-17(14)21)11-15-9-16(7-8-18(15)27-13)22-19(24)12-26-2/h3-9,13H,10-12H2,1-2H3,(H,22,24)/t13-/m0/s1. The average Bonchev–Trinajstić information content (AvgIpc) is 2.74. The molecule has 2 aromatic rings. The van der Waals surface area contributed by atoms with Gasteiger partial charge in [0.2, 0.25) is 5.91 Å². The number of methoxy groups -OCH3 is 1. The van der Waals surface area contributed by atoms with Crippen LogP contribution >= 0.6 is 0 Å². The molecule has 0 spiro atoms. The molecule has 1 heterocycles. The first-order valence-corrected chi connectivity index (χ1v) is 8.58. The smallest absolute Gasteiger partial charge is 0.263 e. The van der Waals surface area contributed by atoms with E-state index in [1.807, 2.05) is 0 Å². The average molecular weight is 372 g/mol. The summed E-state index contributed by atoms with van der Waals surface area (Å²) in [7, 11) is 1.44. The summed E-state index contributed by atoms with van der Waals surface area (Å²) >= 11 is 0. The second-order valence-electron chi connectivity index (χ2n) is 6.35. The lowest BCUT2D eigenvalue weighted by Gasteiger charge is -2.22. The third-order valence-corrected chi connectivity index (χ3v) is 4.26. The summed E-state index contributed by atoms with van der Waals surface area (Å²) in [5.74, 6) is -0.292. The zero-order valence-electron chi connectivity index (χ0n) is 15.2. The SMILES string of the molecule is COCC(=O)Nc1ccc2c(c1)CN(Cc1ccccc1F)C(=O)[C@H](C)O2. The topological polar surface area (TPSA) is 67.9 Å². The van der Waals surface area contributed by atoms with E-state index < -0.39 is 6.10 Å². The number of carbonyl (C=O) groups excluding carboxylic acids is 2. The first-order valence-electron chi connectivity index (χ1n) is 8.58. The van der Waals surface area contributed by atoms with Crippen LogP contribution in [0, 0.1) is 5.82 Å². The number of nitrogens with zero attached hydrogens (tertiary/aromatic N) is 1. The van der Waals surface area contributed by atoms with Crippen molar-refractivity contribution in [1.82, 2.24) is 4.90 Å². The number of hydrogen-bond acceptors (Lipinski definition) is 4. The molecule has 1 atom stereocenters. The lowest BCUT2D eigenvalue weighted by Crippen LogP contribution is -2.37. The van der Waals surface area contributed by atoms with Crippen LogP contribution in [0.4, 0.5) is 10.1 Å². The molecule has 3 rings (SSSR count). The Morgan fingerprint density at radius 3 is 2.85 bits per heavy atom. The number of carbonyl (C=O) groups is 2. The van der Waals surface area contributed by atoms with Gasteiger partial charge in [-0.15, -0.1) is 0 Å². The van der Waals surface area contributed by atoms with Gasteiger partial charge in [0.25, 0.3) is 5.91 Å².